The molecule has 0 aliphatic carbocycles. The van der Waals surface area contributed by atoms with E-state index in [0.29, 0.717) is 0 Å². The molecule has 0 amide bonds. The van der Waals surface area contributed by atoms with E-state index in [1.165, 1.54) is 0 Å². The quantitative estimate of drug-likeness (QED) is 0.199. The maximum absolute atomic E-state index is 9.12. The Balaban J connectivity index is -0.000000320. The molecule has 0 bridgehead atoms. The molecule has 1 aliphatic rings. The van der Waals surface area contributed by atoms with Gasteiger partial charge in [0.05, 0.1) is 14.4 Å². The Morgan fingerprint density at radius 2 is 1.37 bits per heavy atom. The number of ether oxygens (including phenoxy) is 1. The van der Waals surface area contributed by atoms with E-state index in [2.05, 4.69) is 4.74 Å². The van der Waals surface area contributed by atoms with Crippen LogP contribution in [0.15, 0.2) is 0 Å². The predicted molar refractivity (Wildman–Crippen MR) is 45.8 cm³/mol. The maximum atomic E-state index is 9.12. The molecule has 5 atom stereocenters. The first kappa shape index (κ1) is 25.8. The molecule has 0 aromatic carbocycles. The van der Waals surface area contributed by atoms with E-state index in [1.54, 1.807) is 0 Å². The van der Waals surface area contributed by atoms with Crippen LogP contribution in [0.5, 0.6) is 0 Å². The predicted octanol–water partition coefficient (Wildman–Crippen LogP) is -11.4. The van der Waals surface area contributed by atoms with Crippen molar-refractivity contribution in [2.45, 2.75) is 30.7 Å². The molecule has 1 rings (SSSR count). The second kappa shape index (κ2) is 11.4. The Morgan fingerprint density at radius 3 is 1.68 bits per heavy atom. The molecular formula is C6H13Na2O10P. The summed E-state index contributed by atoms with van der Waals surface area (Å²) >= 11 is 0. The minimum Gasteiger partial charge on any atom is -0.790 e. The number of aliphatic hydroxyl groups is 5. The van der Waals surface area contributed by atoms with E-state index >= 15 is 0 Å². The zero-order valence-electron chi connectivity index (χ0n) is 10.4. The van der Waals surface area contributed by atoms with E-state index in [0.717, 1.165) is 0 Å². The molecule has 10 nitrogen and oxygen atoms in total. The van der Waals surface area contributed by atoms with Crippen molar-refractivity contribution in [3.8, 4) is 0 Å². The van der Waals surface area contributed by atoms with Gasteiger partial charge in [0, 0.05) is 0 Å². The summed E-state index contributed by atoms with van der Waals surface area (Å²) in [6.45, 7) is -0.526. The normalized spacial score (nSPS) is 34.2. The van der Waals surface area contributed by atoms with Gasteiger partial charge in [0.15, 0.2) is 6.29 Å². The third-order valence-electron chi connectivity index (χ3n) is 1.87. The molecular weight excluding hydrogens is 309 g/mol. The summed E-state index contributed by atoms with van der Waals surface area (Å²) < 4.78 is 13.2. The van der Waals surface area contributed by atoms with Crippen LogP contribution < -0.4 is 68.9 Å². The molecule has 0 saturated carbocycles. The average molecular weight is 322 g/mol. The summed E-state index contributed by atoms with van der Waals surface area (Å²) in [7, 11) is -5.14. The molecule has 0 radical (unpaired) electrons. The van der Waals surface area contributed by atoms with Gasteiger partial charge in [-0.2, -0.15) is 0 Å². The molecule has 1 heterocycles. The van der Waals surface area contributed by atoms with Gasteiger partial charge >= 0.3 is 59.1 Å². The number of hydrogen-bond donors (Lipinski definition) is 6. The van der Waals surface area contributed by atoms with Crippen molar-refractivity contribution in [1.82, 2.24) is 0 Å². The van der Waals surface area contributed by atoms with E-state index in [9.17, 15) is 0 Å². The summed E-state index contributed by atoms with van der Waals surface area (Å²) in [5.41, 5.74) is 0. The smallest absolute Gasteiger partial charge is 0.790 e. The molecule has 1 aliphatic heterocycles. The van der Waals surface area contributed by atoms with E-state index < -0.39 is 45.1 Å². The van der Waals surface area contributed by atoms with Gasteiger partial charge < -0.3 is 49.5 Å². The second-order valence-corrected chi connectivity index (χ2v) is 4.13. The fraction of sp³-hybridized carbons (Fsp3) is 1.00. The van der Waals surface area contributed by atoms with Crippen molar-refractivity contribution >= 4 is 7.82 Å². The fourth-order valence-electron chi connectivity index (χ4n) is 1.08. The standard InChI is InChI=1S/C6H12O6.2Na.H3O4P/c7-1-2-3(8)4(9)5(10)6(11)12-2;;;1-5(2,3)4/h2-11H,1H2;;;(H3,1,2,3,4)/q;2*+1;/p-2/t2-,3-,4+,5-,6?;;;/m1.../s1. The van der Waals surface area contributed by atoms with Gasteiger partial charge in [0.25, 0.3) is 0 Å². The van der Waals surface area contributed by atoms with E-state index in [4.69, 9.17) is 44.8 Å². The minimum absolute atomic E-state index is 0. The topological polar surface area (TPSA) is 194 Å². The van der Waals surface area contributed by atoms with Crippen LogP contribution in [0.4, 0.5) is 0 Å². The summed E-state index contributed by atoms with van der Waals surface area (Å²) in [5, 5.41) is 44.7. The molecule has 0 spiro atoms. The Kier molecular flexibility index (Phi) is 15.5. The van der Waals surface area contributed by atoms with Gasteiger partial charge in [0.2, 0.25) is 0 Å². The zero-order chi connectivity index (χ0) is 13.8. The molecule has 0 aromatic rings. The molecule has 1 saturated heterocycles. The van der Waals surface area contributed by atoms with Crippen molar-refractivity contribution in [1.29, 1.82) is 0 Å². The molecule has 1 unspecified atom stereocenters. The van der Waals surface area contributed by atoms with E-state index in [1.807, 2.05) is 0 Å². The van der Waals surface area contributed by atoms with Crippen molar-refractivity contribution < 1.29 is 109 Å². The Labute approximate surface area is 152 Å². The molecule has 0 aromatic heterocycles. The third-order valence-corrected chi connectivity index (χ3v) is 1.87. The molecule has 6 N–H and O–H groups in total. The molecule has 13 heteroatoms. The number of phosphoric acid groups is 1. The van der Waals surface area contributed by atoms with Crippen molar-refractivity contribution in [2.75, 3.05) is 6.61 Å². The summed E-state index contributed by atoms with van der Waals surface area (Å²) in [5.74, 6) is 0. The third kappa shape index (κ3) is 11.1. The summed E-state index contributed by atoms with van der Waals surface area (Å²) in [6.07, 6.45) is -7.04. The summed E-state index contributed by atoms with van der Waals surface area (Å²) in [4.78, 5) is 24.3. The molecule has 1 fully saturated rings. The van der Waals surface area contributed by atoms with Crippen LogP contribution in [0.3, 0.4) is 0 Å². The van der Waals surface area contributed by atoms with Gasteiger partial charge in [-0.1, -0.05) is 0 Å². The maximum Gasteiger partial charge on any atom is 1.00 e. The first-order valence-electron chi connectivity index (χ1n) is 4.31. The first-order chi connectivity index (χ1) is 7.57. The SMILES string of the molecule is O=P([O-])([O-])O.OC[C@H]1OC(O)[C@H](O)[C@@H](O)[C@@H]1O.[Na+].[Na+]. The van der Waals surface area contributed by atoms with Gasteiger partial charge in [-0.15, -0.1) is 0 Å². The van der Waals surface area contributed by atoms with Crippen LogP contribution in [-0.2, 0) is 9.30 Å². The largest absolute Gasteiger partial charge is 1.00 e. The average Bonchev–Trinajstić information content (AvgIpc) is 2.18. The van der Waals surface area contributed by atoms with Crippen LogP contribution in [0.1, 0.15) is 0 Å². The van der Waals surface area contributed by atoms with E-state index in [-0.39, 0.29) is 59.1 Å². The molecule has 19 heavy (non-hydrogen) atoms. The second-order valence-electron chi connectivity index (χ2n) is 3.19. The monoisotopic (exact) mass is 322 g/mol. The number of rotatable bonds is 1. The van der Waals surface area contributed by atoms with Crippen LogP contribution in [0.25, 0.3) is 0 Å². The van der Waals surface area contributed by atoms with Crippen molar-refractivity contribution in [2.24, 2.45) is 0 Å². The van der Waals surface area contributed by atoms with Gasteiger partial charge in [-0.05, 0) is 0 Å². The fourth-order valence-corrected chi connectivity index (χ4v) is 1.08. The zero-order valence-corrected chi connectivity index (χ0v) is 15.3. The van der Waals surface area contributed by atoms with Crippen LogP contribution in [0.2, 0.25) is 0 Å². The van der Waals surface area contributed by atoms with Crippen LogP contribution in [-0.4, -0.2) is 67.7 Å². The van der Waals surface area contributed by atoms with Gasteiger partial charge in [-0.3, -0.25) is 0 Å². The van der Waals surface area contributed by atoms with Crippen molar-refractivity contribution in [3.63, 3.8) is 0 Å². The van der Waals surface area contributed by atoms with Gasteiger partial charge in [0.1, 0.15) is 24.4 Å². The number of aliphatic hydroxyl groups excluding tert-OH is 5. The van der Waals surface area contributed by atoms with Crippen molar-refractivity contribution in [3.05, 3.63) is 0 Å². The first-order valence-corrected chi connectivity index (χ1v) is 5.81. The summed E-state index contributed by atoms with van der Waals surface area (Å²) in [6, 6.07) is 0. The Bertz CT molecular complexity index is 262. The van der Waals surface area contributed by atoms with Crippen LogP contribution in [0, 0.1) is 0 Å². The minimum atomic E-state index is -5.14. The van der Waals surface area contributed by atoms with Gasteiger partial charge in [-0.25, -0.2) is 0 Å². The number of hydrogen-bond acceptors (Lipinski definition) is 9. The Morgan fingerprint density at radius 1 is 1.00 bits per heavy atom. The molecule has 104 valence electrons. The van der Waals surface area contributed by atoms with Crippen LogP contribution >= 0.6 is 7.82 Å². The Hall–Kier alpha value is 1.87.